The molecule has 0 N–H and O–H groups in total. The Bertz CT molecular complexity index is 2750. The number of hydrogen-bond donors (Lipinski definition) is 0. The van der Waals surface area contributed by atoms with Gasteiger partial charge in [0.15, 0.2) is 0 Å². The summed E-state index contributed by atoms with van der Waals surface area (Å²) in [5.74, 6) is 0. The third-order valence-electron chi connectivity index (χ3n) is 14.7. The Morgan fingerprint density at radius 3 is 1.69 bits per heavy atom. The van der Waals surface area contributed by atoms with Gasteiger partial charge in [-0.3, -0.25) is 0 Å². The minimum absolute atomic E-state index is 0.0999. The van der Waals surface area contributed by atoms with Gasteiger partial charge in [0.2, 0.25) is 0 Å². The highest BCUT2D eigenvalue weighted by atomic mass is 15.2. The molecule has 2 nitrogen and oxygen atoms in total. The van der Waals surface area contributed by atoms with E-state index in [1.807, 2.05) is 0 Å². The molecule has 55 heavy (non-hydrogen) atoms. The van der Waals surface area contributed by atoms with Crippen LogP contribution in [0.25, 0.3) is 22.3 Å². The lowest BCUT2D eigenvalue weighted by atomic mass is 9.32. The van der Waals surface area contributed by atoms with Crippen molar-refractivity contribution in [2.45, 2.75) is 62.2 Å². The van der Waals surface area contributed by atoms with Gasteiger partial charge in [-0.05, 0) is 135 Å². The molecule has 2 saturated carbocycles. The van der Waals surface area contributed by atoms with Gasteiger partial charge in [-0.15, -0.1) is 0 Å². The van der Waals surface area contributed by atoms with Gasteiger partial charge >= 0.3 is 0 Å². The summed E-state index contributed by atoms with van der Waals surface area (Å²) in [6.07, 6.45) is 10.2. The fraction of sp³-hybridized carbons (Fsp3) is 0.192. The van der Waals surface area contributed by atoms with Gasteiger partial charge in [-0.1, -0.05) is 129 Å². The highest BCUT2D eigenvalue weighted by molar-refractivity contribution is 7.01. The molecule has 6 aliphatic rings. The maximum absolute atomic E-state index is 2.65. The number of anilines is 6. The summed E-state index contributed by atoms with van der Waals surface area (Å²) in [6, 6.07) is 58.6. The van der Waals surface area contributed by atoms with Crippen LogP contribution >= 0.6 is 0 Å². The smallest absolute Gasteiger partial charge is 0.252 e. The lowest BCUT2D eigenvalue weighted by molar-refractivity contribution is 0.550. The first-order valence-corrected chi connectivity index (χ1v) is 20.7. The highest BCUT2D eigenvalue weighted by Gasteiger charge is 2.51. The number of hydrogen-bond acceptors (Lipinski definition) is 2. The summed E-state index contributed by atoms with van der Waals surface area (Å²) in [6.45, 7) is 0.102. The number of fused-ring (bicyclic) bond motifs is 15. The Hall–Kier alpha value is -5.80. The zero-order valence-corrected chi connectivity index (χ0v) is 31.1. The van der Waals surface area contributed by atoms with E-state index >= 15 is 0 Å². The SMILES string of the molecule is c1ccc(N2c3ccccc3B3c4c2cccc4N(c2ccc4c(c2)-c2ccccc2C42CCCC2)c2ccc4c(c23)-c2ccccc2C42CCCC2)cc1. The van der Waals surface area contributed by atoms with Crippen LogP contribution in [-0.4, -0.2) is 6.71 Å². The monoisotopic (exact) mass is 704 g/mol. The van der Waals surface area contributed by atoms with Crippen LogP contribution < -0.4 is 26.2 Å². The van der Waals surface area contributed by atoms with Crippen LogP contribution in [0, 0.1) is 0 Å². The van der Waals surface area contributed by atoms with Crippen molar-refractivity contribution < 1.29 is 0 Å². The van der Waals surface area contributed by atoms with Crippen molar-refractivity contribution in [2.75, 3.05) is 9.80 Å². The van der Waals surface area contributed by atoms with Crippen molar-refractivity contribution in [3.05, 3.63) is 174 Å². The molecule has 0 bridgehead atoms. The largest absolute Gasteiger partial charge is 0.311 e. The maximum atomic E-state index is 2.65. The standard InChI is InChI=1S/C52H41BN2/c1-2-15-34(16-3-1)54-44-22-9-8-21-43(44)53-49-45(54)23-14-24-46(49)55(35-25-26-41-38(33-35)36-17-4-6-19-39(36)51(41)29-10-11-30-51)47-28-27-42-48(50(47)53)37-18-5-7-20-40(37)52(42)31-12-13-32-52/h1-9,14-28,33H,10-13,29-32H2. The van der Waals surface area contributed by atoms with E-state index in [0.717, 1.165) is 0 Å². The van der Waals surface area contributed by atoms with Crippen molar-refractivity contribution in [1.29, 1.82) is 0 Å². The van der Waals surface area contributed by atoms with Crippen LogP contribution in [-0.2, 0) is 10.8 Å². The molecule has 2 aliphatic heterocycles. The zero-order valence-electron chi connectivity index (χ0n) is 31.1. The van der Waals surface area contributed by atoms with E-state index < -0.39 is 0 Å². The average molecular weight is 705 g/mol. The van der Waals surface area contributed by atoms with Crippen molar-refractivity contribution in [3.63, 3.8) is 0 Å². The molecule has 7 aromatic carbocycles. The van der Waals surface area contributed by atoms with Crippen molar-refractivity contribution in [1.82, 2.24) is 0 Å². The molecule has 3 heteroatoms. The van der Waals surface area contributed by atoms with Crippen LogP contribution in [0.4, 0.5) is 34.1 Å². The molecule has 0 aromatic heterocycles. The molecule has 0 atom stereocenters. The summed E-state index contributed by atoms with van der Waals surface area (Å²) in [5.41, 5.74) is 24.1. The van der Waals surface area contributed by atoms with Gasteiger partial charge in [0, 0.05) is 45.0 Å². The third kappa shape index (κ3) is 3.77. The molecule has 2 fully saturated rings. The molecule has 13 rings (SSSR count). The van der Waals surface area contributed by atoms with Gasteiger partial charge in [0.05, 0.1) is 0 Å². The third-order valence-corrected chi connectivity index (χ3v) is 14.7. The Morgan fingerprint density at radius 1 is 0.382 bits per heavy atom. The molecule has 4 aliphatic carbocycles. The molecule has 262 valence electrons. The van der Waals surface area contributed by atoms with E-state index in [4.69, 9.17) is 0 Å². The van der Waals surface area contributed by atoms with E-state index in [-0.39, 0.29) is 17.5 Å². The number of rotatable bonds is 2. The van der Waals surface area contributed by atoms with Gasteiger partial charge in [0.1, 0.15) is 0 Å². The summed E-state index contributed by atoms with van der Waals surface area (Å²) >= 11 is 0. The maximum Gasteiger partial charge on any atom is 0.252 e. The predicted octanol–water partition coefficient (Wildman–Crippen LogP) is 11.5. The Morgan fingerprint density at radius 2 is 0.927 bits per heavy atom. The summed E-state index contributed by atoms with van der Waals surface area (Å²) in [7, 11) is 0. The zero-order chi connectivity index (χ0) is 35.9. The summed E-state index contributed by atoms with van der Waals surface area (Å²) < 4.78 is 0. The van der Waals surface area contributed by atoms with Crippen LogP contribution in [0.5, 0.6) is 0 Å². The molecular formula is C52H41BN2. The Balaban J connectivity index is 1.13. The first-order chi connectivity index (χ1) is 27.3. The first-order valence-electron chi connectivity index (χ1n) is 20.7. The molecule has 7 aromatic rings. The Kier molecular flexibility index (Phi) is 6.06. The topological polar surface area (TPSA) is 6.48 Å². The second-order valence-electron chi connectivity index (χ2n) is 17.0. The van der Waals surface area contributed by atoms with Crippen molar-refractivity contribution >= 4 is 57.2 Å². The van der Waals surface area contributed by atoms with Crippen LogP contribution in [0.3, 0.4) is 0 Å². The number of nitrogens with zero attached hydrogens (tertiary/aromatic N) is 2. The minimum atomic E-state index is 0.0999. The molecule has 2 heterocycles. The molecule has 0 radical (unpaired) electrons. The van der Waals surface area contributed by atoms with E-state index in [1.165, 1.54) is 130 Å². The van der Waals surface area contributed by atoms with E-state index in [9.17, 15) is 0 Å². The number of benzene rings is 7. The normalized spacial score (nSPS) is 18.1. The lowest BCUT2D eigenvalue weighted by Crippen LogP contribution is -2.62. The minimum Gasteiger partial charge on any atom is -0.311 e. The number of para-hydroxylation sites is 2. The van der Waals surface area contributed by atoms with E-state index in [0.29, 0.717) is 0 Å². The van der Waals surface area contributed by atoms with Crippen LogP contribution in [0.15, 0.2) is 152 Å². The summed E-state index contributed by atoms with van der Waals surface area (Å²) in [4.78, 5) is 5.17. The van der Waals surface area contributed by atoms with E-state index in [1.54, 1.807) is 16.7 Å². The van der Waals surface area contributed by atoms with Crippen molar-refractivity contribution in [2.24, 2.45) is 0 Å². The molecular weight excluding hydrogens is 663 g/mol. The Labute approximate surface area is 324 Å². The van der Waals surface area contributed by atoms with Gasteiger partial charge < -0.3 is 9.80 Å². The molecule has 0 saturated heterocycles. The fourth-order valence-corrected chi connectivity index (χ4v) is 12.7. The fourth-order valence-electron chi connectivity index (χ4n) is 12.7. The van der Waals surface area contributed by atoms with Crippen LogP contribution in [0.2, 0.25) is 0 Å². The second kappa shape index (κ2) is 10.9. The van der Waals surface area contributed by atoms with Gasteiger partial charge in [-0.2, -0.15) is 0 Å². The molecule has 0 unspecified atom stereocenters. The van der Waals surface area contributed by atoms with Crippen molar-refractivity contribution in [3.8, 4) is 22.3 Å². The quantitative estimate of drug-likeness (QED) is 0.165. The lowest BCUT2D eigenvalue weighted by Gasteiger charge is -2.45. The van der Waals surface area contributed by atoms with Crippen LogP contribution in [0.1, 0.15) is 73.6 Å². The molecule has 2 spiro atoms. The average Bonchev–Trinajstić information content (AvgIpc) is 4.05. The summed E-state index contributed by atoms with van der Waals surface area (Å²) in [5, 5.41) is 0. The van der Waals surface area contributed by atoms with Gasteiger partial charge in [-0.25, -0.2) is 0 Å². The predicted molar refractivity (Wildman–Crippen MR) is 230 cm³/mol. The highest BCUT2D eigenvalue weighted by Crippen LogP contribution is 2.60. The van der Waals surface area contributed by atoms with Gasteiger partial charge in [0.25, 0.3) is 6.71 Å². The second-order valence-corrected chi connectivity index (χ2v) is 17.0. The first kappa shape index (κ1) is 30.5. The van der Waals surface area contributed by atoms with E-state index in [2.05, 4.69) is 161 Å². The molecule has 0 amide bonds.